The summed E-state index contributed by atoms with van der Waals surface area (Å²) in [7, 11) is -16.9. The highest BCUT2D eigenvalue weighted by molar-refractivity contribution is 6.98. The van der Waals surface area contributed by atoms with Crippen LogP contribution in [-0.4, -0.2) is 143 Å². The molecule has 0 unspecified atom stereocenters. The van der Waals surface area contributed by atoms with E-state index in [2.05, 4.69) is 261 Å². The summed E-state index contributed by atoms with van der Waals surface area (Å²) in [6.07, 6.45) is 3.74. The number of rotatable bonds is 41. The second-order valence-corrected chi connectivity index (χ2v) is 101. The number of hydrogen-bond donors (Lipinski definition) is 5. The van der Waals surface area contributed by atoms with Gasteiger partial charge in [0.25, 0.3) is 33.3 Å². The zero-order chi connectivity index (χ0) is 112. The molecule has 0 saturated heterocycles. The molecule has 0 spiro atoms. The van der Waals surface area contributed by atoms with Crippen LogP contribution < -0.4 is 27.4 Å². The minimum absolute atomic E-state index is 0.0409. The summed E-state index contributed by atoms with van der Waals surface area (Å²) in [6, 6.07) is 75.0. The van der Waals surface area contributed by atoms with Crippen LogP contribution in [0.2, 0.25) is 142 Å². The first kappa shape index (κ1) is 130. The Morgan fingerprint density at radius 2 is 0.419 bits per heavy atom. The standard InChI is InChI=1S/C41H59NO4Si2.C31H49NO3Si2.C30H48N2O3Si2.C21H39NO2Si2/c1-31(26-32-20-14-11-15-21-32)37(43)29-35(27-33-22-16-12-17-23-33)38(44)42-36(28-34-24-18-13-19-25-34)39(45)46-48(40(2,3)4,41(5,6)7)30-47(8,9)10;1-24(21-25-17-13-11-14-18-25)28(33)32-27(22-26-19-15-12-16-20-26)29(34)35-37(30(2,3)4,31(5,6)7)23-36(8,9)10;1-29(2,3)37(30(4,5)6,22-36(7,8)9)35-28(34)26(21-24-18-14-11-15-19-24)32-27(33)25(31)20-23-16-12-10-13-17-23;1-20(2,3)26(21(4,5)6,16-25(7,8)9)24-19(23)18(22)15-17-13-11-10-12-14-17/h11-25,31,35-36H,26-30H2,1-10H3,(H,42,44);11-20,24,27H,21-23H2,1-10H3,(H,32,33);10-19,25-26H,20-22,31H2,1-9H3,(H,32,33);10-14,18H,15-16,22H2,1-9H3/t31-,35+,36-;24-,27-;25-,26-;18-/m0000/s1. The van der Waals surface area contributed by atoms with Crippen LogP contribution in [0, 0.1) is 17.8 Å². The van der Waals surface area contributed by atoms with Crippen LogP contribution in [0.1, 0.15) is 231 Å². The van der Waals surface area contributed by atoms with E-state index < -0.39 is 102 Å². The maximum absolute atomic E-state index is 14.5. The summed E-state index contributed by atoms with van der Waals surface area (Å²) in [4.78, 5) is 110. The largest absolute Gasteiger partial charge is 0.517 e. The third kappa shape index (κ3) is 40.4. The SMILES string of the molecule is CC(C)(C)[Si](C[Si](C)(C)C)(OC(=O)[C@@H](N)Cc1ccccc1)C(C)(C)C.CC(C)(C)[Si](C[Si](C)(C)C)(OC(=O)[C@H](Cc1ccccc1)NC(=O)[C@@H](N)Cc1ccccc1)C(C)(C)C.C[C@@H](Cc1ccccc1)C(=O)C[C@@H](Cc1ccccc1)C(=O)N[C@@H](Cc1ccccc1)C(=O)O[Si](C[Si](C)(C)C)(C(C)(C)C)C(C)(C)C.C[C@@H](Cc1ccccc1)C(=O)N[C@@H](Cc1ccccc1)C(=O)O[Si](C[Si](C)(C)C)(C(C)(C)C)C(C)(C)C. The van der Waals surface area contributed by atoms with Crippen LogP contribution in [0.15, 0.2) is 243 Å². The Labute approximate surface area is 904 Å². The molecule has 8 aromatic carbocycles. The Balaban J connectivity index is 0.000000354. The van der Waals surface area contributed by atoms with E-state index in [1.165, 1.54) is 0 Å². The Kier molecular flexibility index (Phi) is 47.6. The highest BCUT2D eigenvalue weighted by atomic mass is 28.4. The van der Waals surface area contributed by atoms with Gasteiger partial charge < -0.3 is 45.1 Å². The number of amides is 3. The van der Waals surface area contributed by atoms with Gasteiger partial charge in [-0.05, 0) is 140 Å². The highest BCUT2D eigenvalue weighted by Gasteiger charge is 2.64. The van der Waals surface area contributed by atoms with Crippen LogP contribution in [0.25, 0.3) is 0 Å². The molecule has 17 nitrogen and oxygen atoms in total. The van der Waals surface area contributed by atoms with Crippen LogP contribution in [-0.2, 0) is 107 Å². The van der Waals surface area contributed by atoms with Crippen LogP contribution in [0.5, 0.6) is 0 Å². The molecular formula is C123H195N5O12Si8. The molecule has 0 heterocycles. The third-order valence-corrected chi connectivity index (χ3v) is 75.2. The van der Waals surface area contributed by atoms with Gasteiger partial charge in [0.2, 0.25) is 17.7 Å². The predicted octanol–water partition coefficient (Wildman–Crippen LogP) is 28.7. The van der Waals surface area contributed by atoms with Gasteiger partial charge in [-0.1, -0.05) is 501 Å². The van der Waals surface area contributed by atoms with Crippen molar-refractivity contribution in [2.24, 2.45) is 29.2 Å². The fraction of sp³-hybridized carbons (Fsp3) is 0.545. The predicted molar refractivity (Wildman–Crippen MR) is 642 cm³/mol. The summed E-state index contributed by atoms with van der Waals surface area (Å²) in [6.45, 7) is 85.3. The van der Waals surface area contributed by atoms with E-state index in [0.29, 0.717) is 51.4 Å². The summed E-state index contributed by atoms with van der Waals surface area (Å²) in [5.41, 5.74) is 24.6. The van der Waals surface area contributed by atoms with Gasteiger partial charge in [-0.25, -0.2) is 0 Å². The Morgan fingerprint density at radius 3 is 0.642 bits per heavy atom. The first-order valence-corrected chi connectivity index (χ1v) is 77.3. The molecule has 148 heavy (non-hydrogen) atoms. The molecule has 0 aliphatic rings. The quantitative estimate of drug-likeness (QED) is 0.0223. The van der Waals surface area contributed by atoms with Crippen molar-refractivity contribution in [2.75, 3.05) is 0 Å². The molecular weight excluding hydrogens is 1960 g/mol. The minimum Gasteiger partial charge on any atom is -0.517 e. The molecule has 0 aromatic heterocycles. The number of ketones is 1. The fourth-order valence-corrected chi connectivity index (χ4v) is 77.0. The summed E-state index contributed by atoms with van der Waals surface area (Å²) in [5.74, 6) is -3.08. The Hall–Kier alpha value is -8.62. The zero-order valence-electron chi connectivity index (χ0n) is 98.5. The minimum atomic E-state index is -2.79. The molecule has 0 aliphatic heterocycles. The monoisotopic (exact) mass is 2160 g/mol. The molecule has 8 rings (SSSR count). The van der Waals surface area contributed by atoms with Crippen molar-refractivity contribution in [3.05, 3.63) is 287 Å². The molecule has 816 valence electrons. The fourth-order valence-electron chi connectivity index (χ4n) is 21.6. The van der Waals surface area contributed by atoms with Gasteiger partial charge in [0.05, 0.1) is 6.04 Å². The Morgan fingerprint density at radius 1 is 0.236 bits per heavy atom. The number of Topliss-reactive ketones (excluding diaryl/α,β-unsaturated/α-hetero) is 1. The van der Waals surface area contributed by atoms with Gasteiger partial charge in [0.1, 0.15) is 30.0 Å². The smallest absolute Gasteiger partial charge is 0.315 e. The summed E-state index contributed by atoms with van der Waals surface area (Å²) >= 11 is 0. The number of carbonyl (C=O) groups excluding carboxylic acids is 8. The molecule has 0 radical (unpaired) electrons. The van der Waals surface area contributed by atoms with Crippen LogP contribution >= 0.6 is 0 Å². The zero-order valence-corrected chi connectivity index (χ0v) is 106. The molecule has 7 N–H and O–H groups in total. The number of benzene rings is 8. The van der Waals surface area contributed by atoms with E-state index in [1.54, 1.807) is 0 Å². The first-order valence-electron chi connectivity index (χ1n) is 54.0. The van der Waals surface area contributed by atoms with Crippen molar-refractivity contribution in [3.8, 4) is 0 Å². The average Bonchev–Trinajstić information content (AvgIpc) is 0.758. The normalized spacial score (nSPS) is 14.6. The second-order valence-electron chi connectivity index (χ2n) is 55.0. The topological polar surface area (TPSA) is 262 Å². The average molecular weight is 2160 g/mol. The van der Waals surface area contributed by atoms with Gasteiger partial charge in [-0.2, -0.15) is 0 Å². The van der Waals surface area contributed by atoms with Crippen molar-refractivity contribution < 1.29 is 56.1 Å². The van der Waals surface area contributed by atoms with Crippen molar-refractivity contribution in [3.63, 3.8) is 0 Å². The van der Waals surface area contributed by atoms with E-state index in [0.717, 1.165) is 67.2 Å². The highest BCUT2D eigenvalue weighted by Crippen LogP contribution is 2.60. The molecule has 3 amide bonds. The Bertz CT molecular complexity index is 5210. The van der Waals surface area contributed by atoms with E-state index in [4.69, 9.17) is 29.2 Å². The van der Waals surface area contributed by atoms with Crippen molar-refractivity contribution in [1.82, 2.24) is 16.0 Å². The van der Waals surface area contributed by atoms with E-state index in [9.17, 15) is 38.4 Å². The maximum atomic E-state index is 14.5. The van der Waals surface area contributed by atoms with Gasteiger partial charge in [0, 0.05) is 75.7 Å². The van der Waals surface area contributed by atoms with Gasteiger partial charge in [-0.3, -0.25) is 38.4 Å². The third-order valence-electron chi connectivity index (χ3n) is 28.7. The van der Waals surface area contributed by atoms with E-state index in [-0.39, 0.29) is 106 Å². The second kappa shape index (κ2) is 54.3. The molecule has 8 atom stereocenters. The number of carbonyl (C=O) groups is 8. The summed E-state index contributed by atoms with van der Waals surface area (Å²) < 4.78 is 27.0. The molecule has 25 heteroatoms. The van der Waals surface area contributed by atoms with Crippen LogP contribution in [0.3, 0.4) is 0 Å². The first-order chi connectivity index (χ1) is 67.8. The maximum Gasteiger partial charge on any atom is 0.315 e. The summed E-state index contributed by atoms with van der Waals surface area (Å²) in [5, 5.41) is 8.01. The molecule has 0 saturated carbocycles. The molecule has 0 fully saturated rings. The lowest BCUT2D eigenvalue weighted by Crippen LogP contribution is -2.61. The van der Waals surface area contributed by atoms with Gasteiger partial charge >= 0.3 is 23.9 Å². The van der Waals surface area contributed by atoms with E-state index >= 15 is 0 Å². The van der Waals surface area contributed by atoms with E-state index in [1.807, 2.05) is 257 Å². The van der Waals surface area contributed by atoms with Crippen molar-refractivity contribution in [1.29, 1.82) is 0 Å². The number of hydrogen-bond acceptors (Lipinski definition) is 14. The number of nitrogens with two attached hydrogens (primary N) is 2. The molecule has 0 bridgehead atoms. The number of nitrogens with one attached hydrogen (secondary N) is 3. The van der Waals surface area contributed by atoms with Crippen LogP contribution in [0.4, 0.5) is 0 Å². The molecule has 0 aliphatic carbocycles. The lowest BCUT2D eigenvalue weighted by molar-refractivity contribution is -0.142. The van der Waals surface area contributed by atoms with Gasteiger partial charge in [0.15, 0.2) is 0 Å². The van der Waals surface area contributed by atoms with Crippen molar-refractivity contribution >= 4 is 113 Å². The van der Waals surface area contributed by atoms with Gasteiger partial charge in [-0.15, -0.1) is 0 Å². The molecule has 8 aromatic rings. The van der Waals surface area contributed by atoms with Crippen molar-refractivity contribution in [2.45, 2.75) is 410 Å². The lowest BCUT2D eigenvalue weighted by Gasteiger charge is -2.52. The lowest BCUT2D eigenvalue weighted by atomic mass is 9.87.